The highest BCUT2D eigenvalue weighted by molar-refractivity contribution is 5.43. The van der Waals surface area contributed by atoms with E-state index in [9.17, 15) is 0 Å². The van der Waals surface area contributed by atoms with Gasteiger partial charge in [-0.1, -0.05) is 6.07 Å². The van der Waals surface area contributed by atoms with Gasteiger partial charge in [0.25, 0.3) is 0 Å². The number of aryl methyl sites for hydroxylation is 2. The Morgan fingerprint density at radius 2 is 2.21 bits per heavy atom. The molecule has 2 rings (SSSR count). The van der Waals surface area contributed by atoms with Crippen LogP contribution in [0.2, 0.25) is 0 Å². The largest absolute Gasteiger partial charge is 0.496 e. The molecule has 0 radical (unpaired) electrons. The van der Waals surface area contributed by atoms with Gasteiger partial charge in [0.05, 0.1) is 7.11 Å². The molecule has 19 heavy (non-hydrogen) atoms. The van der Waals surface area contributed by atoms with Crippen molar-refractivity contribution < 1.29 is 4.74 Å². The molecule has 1 fully saturated rings. The van der Waals surface area contributed by atoms with Crippen LogP contribution < -0.4 is 15.4 Å². The molecule has 3 nitrogen and oxygen atoms in total. The number of benzene rings is 1. The lowest BCUT2D eigenvalue weighted by atomic mass is 10.0. The lowest BCUT2D eigenvalue weighted by molar-refractivity contribution is 0.408. The quantitative estimate of drug-likeness (QED) is 0.771. The minimum Gasteiger partial charge on any atom is -0.496 e. The van der Waals surface area contributed by atoms with E-state index in [1.165, 1.54) is 36.1 Å². The maximum atomic E-state index is 5.50. The standard InChI is InChI=1S/C16H26N2O/c1-12-9-13(2)15(16(10-12)19-3)6-8-17-11-14-5-4-7-18-14/h9-10,14,17-18H,4-8,11H2,1-3H3. The van der Waals surface area contributed by atoms with Crippen molar-refractivity contribution in [2.45, 2.75) is 39.2 Å². The molecular formula is C16H26N2O. The van der Waals surface area contributed by atoms with Gasteiger partial charge in [-0.15, -0.1) is 0 Å². The Kier molecular flexibility index (Phi) is 5.23. The molecule has 106 valence electrons. The van der Waals surface area contributed by atoms with Gasteiger partial charge in [-0.3, -0.25) is 0 Å². The summed E-state index contributed by atoms with van der Waals surface area (Å²) in [7, 11) is 1.76. The minimum absolute atomic E-state index is 0.668. The van der Waals surface area contributed by atoms with E-state index in [-0.39, 0.29) is 0 Å². The van der Waals surface area contributed by atoms with Crippen molar-refractivity contribution in [2.24, 2.45) is 0 Å². The Hall–Kier alpha value is -1.06. The second-order valence-electron chi connectivity index (χ2n) is 5.51. The average Bonchev–Trinajstić information content (AvgIpc) is 2.89. The van der Waals surface area contributed by atoms with Crippen LogP contribution in [0, 0.1) is 13.8 Å². The van der Waals surface area contributed by atoms with Gasteiger partial charge in [-0.2, -0.15) is 0 Å². The van der Waals surface area contributed by atoms with Crippen LogP contribution in [-0.4, -0.2) is 32.8 Å². The van der Waals surface area contributed by atoms with Gasteiger partial charge in [0.1, 0.15) is 5.75 Å². The predicted octanol–water partition coefficient (Wildman–Crippen LogP) is 2.20. The number of hydrogen-bond donors (Lipinski definition) is 2. The molecule has 0 spiro atoms. The molecule has 1 aromatic carbocycles. The zero-order valence-electron chi connectivity index (χ0n) is 12.4. The zero-order valence-corrected chi connectivity index (χ0v) is 12.4. The number of methoxy groups -OCH3 is 1. The summed E-state index contributed by atoms with van der Waals surface area (Å²) in [6.45, 7) is 7.55. The molecule has 1 unspecified atom stereocenters. The van der Waals surface area contributed by atoms with Crippen LogP contribution in [0.5, 0.6) is 5.75 Å². The second kappa shape index (κ2) is 6.92. The molecule has 0 aliphatic carbocycles. The van der Waals surface area contributed by atoms with Gasteiger partial charge in [-0.05, 0) is 69.0 Å². The molecular weight excluding hydrogens is 236 g/mol. The third-order valence-electron chi connectivity index (χ3n) is 3.90. The topological polar surface area (TPSA) is 33.3 Å². The first-order chi connectivity index (χ1) is 9.20. The molecule has 1 saturated heterocycles. The summed E-state index contributed by atoms with van der Waals surface area (Å²) in [5.74, 6) is 1.03. The van der Waals surface area contributed by atoms with Gasteiger partial charge in [0.2, 0.25) is 0 Å². The molecule has 0 amide bonds. The van der Waals surface area contributed by atoms with Crippen LogP contribution >= 0.6 is 0 Å². The molecule has 0 bridgehead atoms. The number of rotatable bonds is 6. The number of nitrogens with one attached hydrogen (secondary N) is 2. The predicted molar refractivity (Wildman–Crippen MR) is 80.1 cm³/mol. The first kappa shape index (κ1) is 14.4. The summed E-state index contributed by atoms with van der Waals surface area (Å²) in [4.78, 5) is 0. The Bertz CT molecular complexity index is 411. The lowest BCUT2D eigenvalue weighted by Gasteiger charge is -2.15. The summed E-state index contributed by atoms with van der Waals surface area (Å²) < 4.78 is 5.50. The highest BCUT2D eigenvalue weighted by Gasteiger charge is 2.13. The fourth-order valence-corrected chi connectivity index (χ4v) is 2.88. The van der Waals surface area contributed by atoms with Gasteiger partial charge in [0, 0.05) is 12.6 Å². The van der Waals surface area contributed by atoms with Gasteiger partial charge in [-0.25, -0.2) is 0 Å². The minimum atomic E-state index is 0.668. The van der Waals surface area contributed by atoms with E-state index in [2.05, 4.69) is 36.6 Å². The van der Waals surface area contributed by atoms with Crippen molar-refractivity contribution in [2.75, 3.05) is 26.7 Å². The lowest BCUT2D eigenvalue weighted by Crippen LogP contribution is -2.34. The summed E-state index contributed by atoms with van der Waals surface area (Å²) in [5, 5.41) is 7.06. The first-order valence-electron chi connectivity index (χ1n) is 7.29. The molecule has 1 aromatic rings. The first-order valence-corrected chi connectivity index (χ1v) is 7.29. The van der Waals surface area contributed by atoms with Crippen molar-refractivity contribution >= 4 is 0 Å². The van der Waals surface area contributed by atoms with Crippen LogP contribution in [0.4, 0.5) is 0 Å². The van der Waals surface area contributed by atoms with Crippen LogP contribution in [0.25, 0.3) is 0 Å². The molecule has 1 heterocycles. The van der Waals surface area contributed by atoms with E-state index < -0.39 is 0 Å². The Labute approximate surface area is 116 Å². The molecule has 0 saturated carbocycles. The third-order valence-corrected chi connectivity index (χ3v) is 3.90. The van der Waals surface area contributed by atoms with Crippen molar-refractivity contribution in [3.05, 3.63) is 28.8 Å². The van der Waals surface area contributed by atoms with Crippen LogP contribution in [-0.2, 0) is 6.42 Å². The Morgan fingerprint density at radius 3 is 2.89 bits per heavy atom. The van der Waals surface area contributed by atoms with E-state index in [0.29, 0.717) is 6.04 Å². The maximum absolute atomic E-state index is 5.50. The van der Waals surface area contributed by atoms with Crippen LogP contribution in [0.3, 0.4) is 0 Å². The monoisotopic (exact) mass is 262 g/mol. The Balaban J connectivity index is 1.84. The van der Waals surface area contributed by atoms with E-state index in [1.54, 1.807) is 7.11 Å². The molecule has 0 aromatic heterocycles. The average molecular weight is 262 g/mol. The van der Waals surface area contributed by atoms with Gasteiger partial charge >= 0.3 is 0 Å². The van der Waals surface area contributed by atoms with Crippen molar-refractivity contribution in [1.82, 2.24) is 10.6 Å². The van der Waals surface area contributed by atoms with Gasteiger partial charge in [0.15, 0.2) is 0 Å². The maximum Gasteiger partial charge on any atom is 0.122 e. The highest BCUT2D eigenvalue weighted by atomic mass is 16.5. The van der Waals surface area contributed by atoms with E-state index in [1.807, 2.05) is 0 Å². The zero-order chi connectivity index (χ0) is 13.7. The molecule has 2 N–H and O–H groups in total. The SMILES string of the molecule is COc1cc(C)cc(C)c1CCNCC1CCCN1. The van der Waals surface area contributed by atoms with Crippen molar-refractivity contribution in [3.8, 4) is 5.75 Å². The molecule has 1 atom stereocenters. The summed E-state index contributed by atoms with van der Waals surface area (Å²) in [5.41, 5.74) is 3.93. The molecule has 3 heteroatoms. The van der Waals surface area contributed by atoms with E-state index >= 15 is 0 Å². The highest BCUT2D eigenvalue weighted by Crippen LogP contribution is 2.24. The smallest absolute Gasteiger partial charge is 0.122 e. The van der Waals surface area contributed by atoms with Crippen molar-refractivity contribution in [3.63, 3.8) is 0 Å². The van der Waals surface area contributed by atoms with Crippen LogP contribution in [0.15, 0.2) is 12.1 Å². The normalized spacial score (nSPS) is 18.8. The summed E-state index contributed by atoms with van der Waals surface area (Å²) >= 11 is 0. The summed E-state index contributed by atoms with van der Waals surface area (Å²) in [6, 6.07) is 5.03. The Morgan fingerprint density at radius 1 is 1.37 bits per heavy atom. The van der Waals surface area contributed by atoms with E-state index in [0.717, 1.165) is 25.3 Å². The third kappa shape index (κ3) is 3.95. The molecule has 1 aliphatic rings. The molecule has 1 aliphatic heterocycles. The number of ether oxygens (including phenoxy) is 1. The number of hydrogen-bond acceptors (Lipinski definition) is 3. The van der Waals surface area contributed by atoms with E-state index in [4.69, 9.17) is 4.74 Å². The van der Waals surface area contributed by atoms with Crippen molar-refractivity contribution in [1.29, 1.82) is 0 Å². The van der Waals surface area contributed by atoms with Crippen LogP contribution in [0.1, 0.15) is 29.5 Å². The fraction of sp³-hybridized carbons (Fsp3) is 0.625. The van der Waals surface area contributed by atoms with Gasteiger partial charge < -0.3 is 15.4 Å². The summed E-state index contributed by atoms with van der Waals surface area (Å²) in [6.07, 6.45) is 3.65. The second-order valence-corrected chi connectivity index (χ2v) is 5.51. The fourth-order valence-electron chi connectivity index (χ4n) is 2.88.